The fraction of sp³-hybridized carbons (Fsp3) is 0.182. The van der Waals surface area contributed by atoms with E-state index in [2.05, 4.69) is 27.6 Å². The van der Waals surface area contributed by atoms with Crippen molar-refractivity contribution >= 4 is 39.3 Å². The lowest BCUT2D eigenvalue weighted by Gasteiger charge is -1.95. The van der Waals surface area contributed by atoms with Crippen LogP contribution in [0.25, 0.3) is 10.9 Å². The van der Waals surface area contributed by atoms with Crippen LogP contribution < -0.4 is 0 Å². The average molecular weight is 317 g/mol. The predicted molar refractivity (Wildman–Crippen MR) is 65.7 cm³/mol. The Labute approximate surface area is 100 Å². The number of benzene rings is 1. The quantitative estimate of drug-likeness (QED) is 0.634. The van der Waals surface area contributed by atoms with E-state index in [1.54, 1.807) is 0 Å². The third-order valence-electron chi connectivity index (χ3n) is 2.44. The van der Waals surface area contributed by atoms with Gasteiger partial charge < -0.3 is 4.98 Å². The van der Waals surface area contributed by atoms with Gasteiger partial charge in [-0.3, -0.25) is 4.79 Å². The van der Waals surface area contributed by atoms with Gasteiger partial charge in [-0.2, -0.15) is 0 Å². The van der Waals surface area contributed by atoms with E-state index in [9.17, 15) is 9.18 Å². The number of Topliss-reactive ketones (excluding diaryl/α,β-unsaturated/α-hetero) is 1. The molecule has 1 aromatic carbocycles. The van der Waals surface area contributed by atoms with Crippen LogP contribution in [0.2, 0.25) is 0 Å². The number of aromatic nitrogens is 1. The molecule has 0 aliphatic rings. The van der Waals surface area contributed by atoms with Gasteiger partial charge in [0.05, 0.1) is 11.2 Å². The lowest BCUT2D eigenvalue weighted by atomic mass is 10.1. The minimum Gasteiger partial charge on any atom is -0.350 e. The number of carbonyl (C=O) groups excluding carboxylic acids is 1. The van der Waals surface area contributed by atoms with Gasteiger partial charge in [0, 0.05) is 15.9 Å². The van der Waals surface area contributed by atoms with E-state index in [-0.39, 0.29) is 11.6 Å². The lowest BCUT2D eigenvalue weighted by molar-refractivity contribution is 0.101. The Kier molecular flexibility index (Phi) is 2.54. The molecule has 0 bridgehead atoms. The topological polar surface area (TPSA) is 32.9 Å². The number of H-pyrrole nitrogens is 1. The summed E-state index contributed by atoms with van der Waals surface area (Å²) in [6, 6.07) is 3.32. The molecule has 1 heterocycles. The maximum Gasteiger partial charge on any atom is 0.176 e. The van der Waals surface area contributed by atoms with E-state index < -0.39 is 0 Å². The Hall–Kier alpha value is -0.910. The predicted octanol–water partition coefficient (Wildman–Crippen LogP) is 3.42. The highest BCUT2D eigenvalue weighted by molar-refractivity contribution is 14.1. The maximum absolute atomic E-state index is 13.6. The normalized spacial score (nSPS) is 10.9. The smallest absolute Gasteiger partial charge is 0.176 e. The number of aromatic amines is 1. The third kappa shape index (κ3) is 1.67. The summed E-state index contributed by atoms with van der Waals surface area (Å²) in [5, 5.41) is 0.782. The van der Waals surface area contributed by atoms with Gasteiger partial charge in [-0.15, -0.1) is 0 Å². The molecule has 0 unspecified atom stereocenters. The molecular weight excluding hydrogens is 308 g/mol. The molecule has 78 valence electrons. The molecule has 0 amide bonds. The van der Waals surface area contributed by atoms with Gasteiger partial charge in [-0.25, -0.2) is 4.39 Å². The fourth-order valence-electron chi connectivity index (χ4n) is 1.70. The van der Waals surface area contributed by atoms with Crippen molar-refractivity contribution in [3.63, 3.8) is 0 Å². The Morgan fingerprint density at radius 3 is 2.73 bits per heavy atom. The van der Waals surface area contributed by atoms with Gasteiger partial charge in [0.1, 0.15) is 5.82 Å². The Bertz CT molecular complexity index is 559. The van der Waals surface area contributed by atoms with Crippen molar-refractivity contribution in [2.24, 2.45) is 0 Å². The van der Waals surface area contributed by atoms with E-state index in [4.69, 9.17) is 0 Å². The highest BCUT2D eigenvalue weighted by Gasteiger charge is 2.14. The first-order valence-electron chi connectivity index (χ1n) is 4.49. The van der Waals surface area contributed by atoms with E-state index in [0.29, 0.717) is 11.2 Å². The van der Waals surface area contributed by atoms with Gasteiger partial charge in [0.25, 0.3) is 0 Å². The lowest BCUT2D eigenvalue weighted by Crippen LogP contribution is -1.93. The van der Waals surface area contributed by atoms with Gasteiger partial charge in [-0.1, -0.05) is 0 Å². The van der Waals surface area contributed by atoms with Crippen molar-refractivity contribution in [2.45, 2.75) is 13.8 Å². The van der Waals surface area contributed by atoms with Gasteiger partial charge in [0.15, 0.2) is 5.78 Å². The Balaban J connectivity index is 2.88. The summed E-state index contributed by atoms with van der Waals surface area (Å²) in [7, 11) is 0. The van der Waals surface area contributed by atoms with Gasteiger partial charge in [0.2, 0.25) is 0 Å². The third-order valence-corrected chi connectivity index (χ3v) is 3.06. The summed E-state index contributed by atoms with van der Waals surface area (Å²) >= 11 is 2.06. The molecule has 0 saturated carbocycles. The molecule has 0 aliphatic carbocycles. The Morgan fingerprint density at radius 2 is 2.13 bits per heavy atom. The van der Waals surface area contributed by atoms with Crippen molar-refractivity contribution in [1.29, 1.82) is 0 Å². The van der Waals surface area contributed by atoms with Crippen molar-refractivity contribution < 1.29 is 9.18 Å². The van der Waals surface area contributed by atoms with Crippen LogP contribution >= 0.6 is 22.6 Å². The second-order valence-electron chi connectivity index (χ2n) is 3.49. The van der Waals surface area contributed by atoms with Crippen LogP contribution in [0, 0.1) is 16.3 Å². The zero-order valence-corrected chi connectivity index (χ0v) is 10.5. The van der Waals surface area contributed by atoms with Crippen LogP contribution in [0.1, 0.15) is 23.0 Å². The van der Waals surface area contributed by atoms with E-state index in [1.165, 1.54) is 13.0 Å². The SMILES string of the molecule is CC(=O)c1[nH]c2c(F)cc(I)cc2c1C. The molecule has 0 fully saturated rings. The minimum absolute atomic E-state index is 0.0712. The molecule has 2 rings (SSSR count). The highest BCUT2D eigenvalue weighted by Crippen LogP contribution is 2.26. The zero-order valence-electron chi connectivity index (χ0n) is 8.32. The number of nitrogens with one attached hydrogen (secondary N) is 1. The molecule has 0 aliphatic heterocycles. The number of halogens is 2. The first-order chi connectivity index (χ1) is 7.00. The first-order valence-corrected chi connectivity index (χ1v) is 5.57. The number of fused-ring (bicyclic) bond motifs is 1. The van der Waals surface area contributed by atoms with Crippen LogP contribution in [0.15, 0.2) is 12.1 Å². The number of rotatable bonds is 1. The zero-order chi connectivity index (χ0) is 11.2. The fourth-order valence-corrected chi connectivity index (χ4v) is 2.29. The second kappa shape index (κ2) is 3.59. The molecule has 0 saturated heterocycles. The Morgan fingerprint density at radius 1 is 1.47 bits per heavy atom. The molecular formula is C11H9FINO. The van der Waals surface area contributed by atoms with Crippen LogP contribution in [0.5, 0.6) is 0 Å². The summed E-state index contributed by atoms with van der Waals surface area (Å²) in [6.45, 7) is 3.30. The molecule has 4 heteroatoms. The highest BCUT2D eigenvalue weighted by atomic mass is 127. The van der Waals surface area contributed by atoms with E-state index in [0.717, 1.165) is 14.5 Å². The number of hydrogen-bond donors (Lipinski definition) is 1. The molecule has 15 heavy (non-hydrogen) atoms. The van der Waals surface area contributed by atoms with Crippen LogP contribution in [0.4, 0.5) is 4.39 Å². The summed E-state index contributed by atoms with van der Waals surface area (Å²) in [5.41, 5.74) is 1.72. The largest absolute Gasteiger partial charge is 0.350 e. The monoisotopic (exact) mass is 317 g/mol. The van der Waals surface area contributed by atoms with Crippen molar-refractivity contribution in [3.8, 4) is 0 Å². The summed E-state index contributed by atoms with van der Waals surface area (Å²) < 4.78 is 14.4. The van der Waals surface area contributed by atoms with Crippen molar-refractivity contribution in [1.82, 2.24) is 4.98 Å². The second-order valence-corrected chi connectivity index (χ2v) is 4.74. The molecule has 0 atom stereocenters. The van der Waals surface area contributed by atoms with E-state index in [1.807, 2.05) is 13.0 Å². The van der Waals surface area contributed by atoms with E-state index >= 15 is 0 Å². The average Bonchev–Trinajstić information content (AvgIpc) is 2.44. The summed E-state index contributed by atoms with van der Waals surface area (Å²) in [4.78, 5) is 14.1. The number of aryl methyl sites for hydroxylation is 1. The molecule has 2 nitrogen and oxygen atoms in total. The first kappa shape index (κ1) is 10.6. The van der Waals surface area contributed by atoms with Crippen molar-refractivity contribution in [2.75, 3.05) is 0 Å². The minimum atomic E-state index is -0.312. The number of ketones is 1. The standard InChI is InChI=1S/C11H9FINO/c1-5-8-3-7(13)4-9(12)11(8)14-10(5)6(2)15/h3-4,14H,1-2H3. The van der Waals surface area contributed by atoms with Gasteiger partial charge in [-0.05, 0) is 47.2 Å². The molecule has 1 aromatic heterocycles. The molecule has 2 aromatic rings. The van der Waals surface area contributed by atoms with Crippen molar-refractivity contribution in [3.05, 3.63) is 32.8 Å². The molecule has 1 N–H and O–H groups in total. The summed E-state index contributed by atoms with van der Waals surface area (Å²) in [5.74, 6) is -0.384. The maximum atomic E-state index is 13.6. The number of hydrogen-bond acceptors (Lipinski definition) is 1. The van der Waals surface area contributed by atoms with Crippen LogP contribution in [-0.2, 0) is 0 Å². The molecule has 0 radical (unpaired) electrons. The molecule has 0 spiro atoms. The summed E-state index contributed by atoms with van der Waals surface area (Å²) in [6.07, 6.45) is 0. The van der Waals surface area contributed by atoms with Crippen LogP contribution in [0.3, 0.4) is 0 Å². The number of carbonyl (C=O) groups is 1. The van der Waals surface area contributed by atoms with Gasteiger partial charge >= 0.3 is 0 Å². The van der Waals surface area contributed by atoms with Crippen LogP contribution in [-0.4, -0.2) is 10.8 Å².